The smallest absolute Gasteiger partial charge is 0.287 e. The number of anilines is 1. The van der Waals surface area contributed by atoms with Crippen LogP contribution in [0.15, 0.2) is 11.0 Å². The van der Waals surface area contributed by atoms with Gasteiger partial charge in [0.25, 0.3) is 5.56 Å². The molecule has 0 spiro atoms. The van der Waals surface area contributed by atoms with Crippen molar-refractivity contribution in [2.75, 3.05) is 25.0 Å². The van der Waals surface area contributed by atoms with Crippen molar-refractivity contribution in [1.82, 2.24) is 15.1 Å². The van der Waals surface area contributed by atoms with Gasteiger partial charge in [0.15, 0.2) is 0 Å². The third kappa shape index (κ3) is 3.26. The van der Waals surface area contributed by atoms with Crippen molar-refractivity contribution < 1.29 is 5.11 Å². The molecule has 0 aliphatic carbocycles. The van der Waals surface area contributed by atoms with E-state index in [-0.39, 0.29) is 29.3 Å². The molecular weight excluding hydrogens is 268 g/mol. The molecule has 1 aliphatic heterocycles. The van der Waals surface area contributed by atoms with E-state index in [2.05, 4.69) is 22.7 Å². The monoisotopic (exact) mass is 286 g/mol. The summed E-state index contributed by atoms with van der Waals surface area (Å²) in [6.07, 6.45) is 3.47. The molecule has 0 amide bonds. The molecule has 3 N–H and O–H groups in total. The molecule has 0 aromatic carbocycles. The van der Waals surface area contributed by atoms with E-state index in [1.54, 1.807) is 6.20 Å². The molecule has 6 nitrogen and oxygen atoms in total. The molecule has 0 radical (unpaired) electrons. The van der Waals surface area contributed by atoms with Crippen LogP contribution in [0.4, 0.5) is 5.69 Å². The van der Waals surface area contributed by atoms with E-state index in [0.29, 0.717) is 5.69 Å². The number of nitrogens with one attached hydrogen (secondary N) is 2. The predicted octanol–water partition coefficient (Wildman–Crippen LogP) is 0.443. The number of halogens is 1. The van der Waals surface area contributed by atoms with Crippen molar-refractivity contribution >= 4 is 17.3 Å². The van der Waals surface area contributed by atoms with E-state index in [1.165, 1.54) is 0 Å². The minimum Gasteiger partial charge on any atom is -0.394 e. The molecule has 1 saturated heterocycles. The molecule has 0 atom stereocenters. The summed E-state index contributed by atoms with van der Waals surface area (Å²) in [4.78, 5) is 11.9. The minimum atomic E-state index is -0.377. The number of nitrogens with zero attached hydrogens (tertiary/aromatic N) is 2. The number of piperidine rings is 1. The highest BCUT2D eigenvalue weighted by Gasteiger charge is 2.27. The van der Waals surface area contributed by atoms with E-state index in [0.717, 1.165) is 30.6 Å². The summed E-state index contributed by atoms with van der Waals surface area (Å²) in [5.74, 6) is 0. The lowest BCUT2D eigenvalue weighted by molar-refractivity contribution is 0.266. The molecule has 0 saturated carbocycles. The Hall–Kier alpha value is -1.11. The largest absolute Gasteiger partial charge is 0.394 e. The van der Waals surface area contributed by atoms with Crippen molar-refractivity contribution in [3.8, 4) is 0 Å². The first kappa shape index (κ1) is 14.3. The normalized spacial score (nSPS) is 18.3. The number of aliphatic hydroxyl groups is 1. The van der Waals surface area contributed by atoms with E-state index < -0.39 is 0 Å². The fourth-order valence-corrected chi connectivity index (χ4v) is 2.43. The summed E-state index contributed by atoms with van der Waals surface area (Å²) in [5.41, 5.74) is 0.107. The summed E-state index contributed by atoms with van der Waals surface area (Å²) >= 11 is 6.08. The second kappa shape index (κ2) is 5.90. The zero-order valence-electron chi connectivity index (χ0n) is 10.9. The van der Waals surface area contributed by atoms with E-state index >= 15 is 0 Å². The molecule has 2 heterocycles. The van der Waals surface area contributed by atoms with Crippen molar-refractivity contribution in [3.05, 3.63) is 21.6 Å². The van der Waals surface area contributed by atoms with E-state index in [9.17, 15) is 4.79 Å². The van der Waals surface area contributed by atoms with Gasteiger partial charge < -0.3 is 15.7 Å². The van der Waals surface area contributed by atoms with Gasteiger partial charge in [0.2, 0.25) is 0 Å². The quantitative estimate of drug-likeness (QED) is 0.749. The number of aliphatic hydroxyl groups excluding tert-OH is 1. The first-order chi connectivity index (χ1) is 9.06. The highest BCUT2D eigenvalue weighted by molar-refractivity contribution is 6.32. The predicted molar refractivity (Wildman–Crippen MR) is 74.7 cm³/mol. The van der Waals surface area contributed by atoms with Crippen LogP contribution in [0.3, 0.4) is 0 Å². The topological polar surface area (TPSA) is 79.2 Å². The minimum absolute atomic E-state index is 0.0772. The van der Waals surface area contributed by atoms with Crippen LogP contribution in [0.2, 0.25) is 5.02 Å². The van der Waals surface area contributed by atoms with Gasteiger partial charge in [-0.1, -0.05) is 11.6 Å². The first-order valence-corrected chi connectivity index (χ1v) is 6.79. The standard InChI is InChI=1S/C12H19ClN4O2/c1-12(2-4-14-5-3-12)16-9-8-15-17(6-7-18)11(19)10(9)13/h8,14,16,18H,2-7H2,1H3. The fourth-order valence-electron chi connectivity index (χ4n) is 2.23. The maximum atomic E-state index is 11.9. The molecule has 1 aromatic heterocycles. The van der Waals surface area contributed by atoms with E-state index in [1.807, 2.05) is 0 Å². The third-order valence-electron chi connectivity index (χ3n) is 3.44. The van der Waals surface area contributed by atoms with Crippen LogP contribution >= 0.6 is 11.6 Å². The maximum Gasteiger partial charge on any atom is 0.287 e. The van der Waals surface area contributed by atoms with Gasteiger partial charge in [0, 0.05) is 5.54 Å². The maximum absolute atomic E-state index is 11.9. The lowest BCUT2D eigenvalue weighted by Crippen LogP contribution is -2.45. The Morgan fingerprint density at radius 2 is 2.26 bits per heavy atom. The third-order valence-corrected chi connectivity index (χ3v) is 3.81. The van der Waals surface area contributed by atoms with E-state index in [4.69, 9.17) is 16.7 Å². The molecule has 1 fully saturated rings. The Morgan fingerprint density at radius 1 is 1.58 bits per heavy atom. The lowest BCUT2D eigenvalue weighted by atomic mass is 9.90. The Labute approximate surface area is 116 Å². The Kier molecular flexibility index (Phi) is 4.44. The number of hydrogen-bond donors (Lipinski definition) is 3. The fraction of sp³-hybridized carbons (Fsp3) is 0.667. The highest BCUT2D eigenvalue weighted by atomic mass is 35.5. The van der Waals surface area contributed by atoms with Crippen LogP contribution in [0.1, 0.15) is 19.8 Å². The molecule has 0 bridgehead atoms. The lowest BCUT2D eigenvalue weighted by Gasteiger charge is -2.36. The molecule has 1 aliphatic rings. The second-order valence-electron chi connectivity index (χ2n) is 5.06. The second-order valence-corrected chi connectivity index (χ2v) is 5.44. The molecule has 0 unspecified atom stereocenters. The van der Waals surface area contributed by atoms with Crippen LogP contribution in [-0.2, 0) is 6.54 Å². The Morgan fingerprint density at radius 3 is 2.89 bits per heavy atom. The zero-order chi connectivity index (χ0) is 13.9. The first-order valence-electron chi connectivity index (χ1n) is 6.41. The van der Waals surface area contributed by atoms with Crippen LogP contribution in [0.25, 0.3) is 0 Å². The molecule has 2 rings (SSSR count). The van der Waals surface area contributed by atoms with Crippen molar-refractivity contribution in [3.63, 3.8) is 0 Å². The zero-order valence-corrected chi connectivity index (χ0v) is 11.7. The molecule has 7 heteroatoms. The Bertz CT molecular complexity index is 497. The van der Waals surface area contributed by atoms with Crippen LogP contribution < -0.4 is 16.2 Å². The van der Waals surface area contributed by atoms with Gasteiger partial charge in [0.05, 0.1) is 25.0 Å². The van der Waals surface area contributed by atoms with Crippen molar-refractivity contribution in [2.45, 2.75) is 31.8 Å². The van der Waals surface area contributed by atoms with Gasteiger partial charge in [-0.15, -0.1) is 0 Å². The molecular formula is C12H19ClN4O2. The number of rotatable bonds is 4. The summed E-state index contributed by atoms with van der Waals surface area (Å²) in [7, 11) is 0. The van der Waals surface area contributed by atoms with Crippen molar-refractivity contribution in [1.29, 1.82) is 0 Å². The Balaban J connectivity index is 2.21. The van der Waals surface area contributed by atoms with Gasteiger partial charge in [0.1, 0.15) is 5.02 Å². The van der Waals surface area contributed by atoms with Crippen LogP contribution in [0, 0.1) is 0 Å². The summed E-state index contributed by atoms with van der Waals surface area (Å²) < 4.78 is 1.16. The number of aromatic nitrogens is 2. The summed E-state index contributed by atoms with van der Waals surface area (Å²) in [5, 5.41) is 19.6. The van der Waals surface area contributed by atoms with Gasteiger partial charge in [-0.05, 0) is 32.9 Å². The van der Waals surface area contributed by atoms with Gasteiger partial charge in [-0.2, -0.15) is 5.10 Å². The van der Waals surface area contributed by atoms with Gasteiger partial charge >= 0.3 is 0 Å². The average Bonchev–Trinajstić information content (AvgIpc) is 2.39. The van der Waals surface area contributed by atoms with Crippen LogP contribution in [0.5, 0.6) is 0 Å². The summed E-state index contributed by atoms with van der Waals surface area (Å²) in [6, 6.07) is 0. The van der Waals surface area contributed by atoms with Gasteiger partial charge in [-0.3, -0.25) is 4.79 Å². The molecule has 1 aromatic rings. The summed E-state index contributed by atoms with van der Waals surface area (Å²) in [6.45, 7) is 4.01. The average molecular weight is 287 g/mol. The van der Waals surface area contributed by atoms with Crippen LogP contribution in [-0.4, -0.2) is 40.1 Å². The molecule has 106 valence electrons. The number of hydrogen-bond acceptors (Lipinski definition) is 5. The van der Waals surface area contributed by atoms with Gasteiger partial charge in [-0.25, -0.2) is 4.68 Å². The SMILES string of the molecule is CC1(Nc2cnn(CCO)c(=O)c2Cl)CCNCC1. The molecule has 19 heavy (non-hydrogen) atoms. The van der Waals surface area contributed by atoms with Crippen molar-refractivity contribution in [2.24, 2.45) is 0 Å². The highest BCUT2D eigenvalue weighted by Crippen LogP contribution is 2.26.